The lowest BCUT2D eigenvalue weighted by Crippen LogP contribution is -2.30. The molecule has 0 aliphatic rings. The largest absolute Gasteiger partial charge is 0.497 e. The van der Waals surface area contributed by atoms with Crippen LogP contribution in [0.3, 0.4) is 0 Å². The second-order valence-electron chi connectivity index (χ2n) is 6.22. The van der Waals surface area contributed by atoms with Crippen LogP contribution in [-0.4, -0.2) is 18.0 Å². The van der Waals surface area contributed by atoms with Gasteiger partial charge >= 0.3 is 0 Å². The van der Waals surface area contributed by atoms with Gasteiger partial charge in [-0.15, -0.1) is 11.3 Å². The number of rotatable bonds is 6. The average molecular weight is 469 g/mol. The summed E-state index contributed by atoms with van der Waals surface area (Å²) in [6.07, 6.45) is 1.60. The van der Waals surface area contributed by atoms with Gasteiger partial charge in [0.25, 0.3) is 5.91 Å². The van der Waals surface area contributed by atoms with Crippen LogP contribution < -0.4 is 9.64 Å². The molecule has 2 heterocycles. The predicted octanol–water partition coefficient (Wildman–Crippen LogP) is 6.02. The summed E-state index contributed by atoms with van der Waals surface area (Å²) in [5.41, 5.74) is 2.35. The first kappa shape index (κ1) is 19.4. The number of hydrogen-bond donors (Lipinski definition) is 0. The Morgan fingerprint density at radius 1 is 1.14 bits per heavy atom. The van der Waals surface area contributed by atoms with Crippen LogP contribution in [0.2, 0.25) is 0 Å². The van der Waals surface area contributed by atoms with Crippen LogP contribution in [0.4, 0.5) is 5.13 Å². The van der Waals surface area contributed by atoms with Crippen LogP contribution in [0.25, 0.3) is 11.3 Å². The van der Waals surface area contributed by atoms with E-state index >= 15 is 0 Å². The summed E-state index contributed by atoms with van der Waals surface area (Å²) in [6, 6.07) is 18.6. The quantitative estimate of drug-likeness (QED) is 0.347. The van der Waals surface area contributed by atoms with Gasteiger partial charge in [0.2, 0.25) is 0 Å². The van der Waals surface area contributed by atoms with Gasteiger partial charge in [-0.25, -0.2) is 4.98 Å². The van der Waals surface area contributed by atoms with Crippen molar-refractivity contribution >= 4 is 38.3 Å². The molecular formula is C22H17BrN2O3S. The Morgan fingerprint density at radius 3 is 2.55 bits per heavy atom. The van der Waals surface area contributed by atoms with E-state index < -0.39 is 0 Å². The van der Waals surface area contributed by atoms with Crippen molar-refractivity contribution in [2.45, 2.75) is 6.54 Å². The molecule has 2 aromatic heterocycles. The minimum atomic E-state index is -0.135. The summed E-state index contributed by atoms with van der Waals surface area (Å²) in [5.74, 6) is 1.34. The van der Waals surface area contributed by atoms with Crippen molar-refractivity contribution in [3.05, 3.63) is 88.1 Å². The van der Waals surface area contributed by atoms with Gasteiger partial charge in [0.15, 0.2) is 5.13 Å². The third-order valence-corrected chi connectivity index (χ3v) is 5.73. The van der Waals surface area contributed by atoms with Crippen LogP contribution >= 0.6 is 27.3 Å². The maximum absolute atomic E-state index is 13.2. The van der Waals surface area contributed by atoms with Gasteiger partial charge in [-0.2, -0.15) is 0 Å². The number of hydrogen-bond acceptors (Lipinski definition) is 5. The molecule has 0 bridgehead atoms. The lowest BCUT2D eigenvalue weighted by Gasteiger charge is -2.19. The minimum absolute atomic E-state index is 0.135. The molecule has 1 amide bonds. The lowest BCUT2D eigenvalue weighted by molar-refractivity contribution is 0.0983. The van der Waals surface area contributed by atoms with Crippen molar-refractivity contribution in [1.82, 2.24) is 4.98 Å². The highest BCUT2D eigenvalue weighted by molar-refractivity contribution is 9.10. The maximum atomic E-state index is 13.2. The number of thiazole rings is 1. The second-order valence-corrected chi connectivity index (χ2v) is 7.97. The van der Waals surface area contributed by atoms with Gasteiger partial charge in [0.1, 0.15) is 11.5 Å². The van der Waals surface area contributed by atoms with Gasteiger partial charge in [-0.05, 0) is 60.7 Å². The van der Waals surface area contributed by atoms with Crippen molar-refractivity contribution in [2.24, 2.45) is 0 Å². The summed E-state index contributed by atoms with van der Waals surface area (Å²) >= 11 is 4.83. The molecule has 0 aliphatic heterocycles. The Labute approximate surface area is 180 Å². The van der Waals surface area contributed by atoms with E-state index in [2.05, 4.69) is 15.9 Å². The third-order valence-electron chi connectivity index (χ3n) is 4.34. The van der Waals surface area contributed by atoms with E-state index in [0.29, 0.717) is 23.0 Å². The molecule has 0 saturated carbocycles. The van der Waals surface area contributed by atoms with Gasteiger partial charge in [-0.1, -0.05) is 15.9 Å². The van der Waals surface area contributed by atoms with Crippen LogP contribution in [-0.2, 0) is 6.54 Å². The normalized spacial score (nSPS) is 10.7. The molecule has 0 atom stereocenters. The number of furan rings is 1. The third kappa shape index (κ3) is 4.41. The van der Waals surface area contributed by atoms with E-state index in [0.717, 1.165) is 21.5 Å². The Bertz CT molecular complexity index is 1090. The Morgan fingerprint density at radius 2 is 1.90 bits per heavy atom. The molecule has 0 saturated heterocycles. The van der Waals surface area contributed by atoms with Crippen molar-refractivity contribution in [1.29, 1.82) is 0 Å². The number of carbonyl (C=O) groups excluding carboxylic acids is 1. The molecule has 29 heavy (non-hydrogen) atoms. The highest BCUT2D eigenvalue weighted by Crippen LogP contribution is 2.30. The van der Waals surface area contributed by atoms with Gasteiger partial charge in [0, 0.05) is 21.0 Å². The zero-order valence-electron chi connectivity index (χ0n) is 15.5. The monoisotopic (exact) mass is 468 g/mol. The summed E-state index contributed by atoms with van der Waals surface area (Å²) < 4.78 is 11.6. The van der Waals surface area contributed by atoms with E-state index in [4.69, 9.17) is 14.1 Å². The number of halogens is 1. The summed E-state index contributed by atoms with van der Waals surface area (Å²) in [6.45, 7) is 0.303. The standard InChI is InChI=1S/C22H17BrN2O3S/c1-27-18-10-6-15(7-11-18)20-14-29-22(24-20)25(13-19-3-2-12-28-19)21(26)16-4-8-17(23)9-5-16/h2-12,14H,13H2,1H3. The fraction of sp³-hybridized carbons (Fsp3) is 0.0909. The maximum Gasteiger partial charge on any atom is 0.260 e. The number of ether oxygens (including phenoxy) is 1. The fourth-order valence-electron chi connectivity index (χ4n) is 2.82. The van der Waals surface area contributed by atoms with Crippen LogP contribution in [0, 0.1) is 0 Å². The Balaban J connectivity index is 1.66. The van der Waals surface area contributed by atoms with Crippen LogP contribution in [0.15, 0.2) is 81.2 Å². The fourth-order valence-corrected chi connectivity index (χ4v) is 3.91. The van der Waals surface area contributed by atoms with Gasteiger partial charge < -0.3 is 9.15 Å². The second kappa shape index (κ2) is 8.63. The van der Waals surface area contributed by atoms with Gasteiger partial charge in [-0.3, -0.25) is 9.69 Å². The number of methoxy groups -OCH3 is 1. The van der Waals surface area contributed by atoms with Crippen molar-refractivity contribution in [2.75, 3.05) is 12.0 Å². The minimum Gasteiger partial charge on any atom is -0.497 e. The zero-order chi connectivity index (χ0) is 20.2. The van der Waals surface area contributed by atoms with Crippen molar-refractivity contribution < 1.29 is 13.9 Å². The number of nitrogens with zero attached hydrogens (tertiary/aromatic N) is 2. The molecule has 0 aliphatic carbocycles. The summed E-state index contributed by atoms with van der Waals surface area (Å²) in [5, 5.41) is 2.56. The summed E-state index contributed by atoms with van der Waals surface area (Å²) in [4.78, 5) is 19.6. The number of benzene rings is 2. The van der Waals surface area contributed by atoms with Crippen molar-refractivity contribution in [3.8, 4) is 17.0 Å². The first-order valence-electron chi connectivity index (χ1n) is 8.84. The highest BCUT2D eigenvalue weighted by atomic mass is 79.9. The molecule has 4 rings (SSSR count). The molecule has 146 valence electrons. The SMILES string of the molecule is COc1ccc(-c2csc(N(Cc3ccco3)C(=O)c3ccc(Br)cc3)n2)cc1. The molecule has 0 N–H and O–H groups in total. The summed E-state index contributed by atoms with van der Waals surface area (Å²) in [7, 11) is 1.64. The highest BCUT2D eigenvalue weighted by Gasteiger charge is 2.22. The number of carbonyl (C=O) groups is 1. The molecule has 4 aromatic rings. The van der Waals surface area contributed by atoms with Crippen LogP contribution in [0.1, 0.15) is 16.1 Å². The molecule has 0 unspecified atom stereocenters. The van der Waals surface area contributed by atoms with Crippen molar-refractivity contribution in [3.63, 3.8) is 0 Å². The first-order valence-corrected chi connectivity index (χ1v) is 10.5. The lowest BCUT2D eigenvalue weighted by atomic mass is 10.2. The Kier molecular flexibility index (Phi) is 5.78. The topological polar surface area (TPSA) is 55.6 Å². The molecule has 0 spiro atoms. The van der Waals surface area contributed by atoms with E-state index in [9.17, 15) is 4.79 Å². The van der Waals surface area contributed by atoms with E-state index in [1.165, 1.54) is 11.3 Å². The van der Waals surface area contributed by atoms with E-state index in [-0.39, 0.29) is 5.91 Å². The molecule has 2 aromatic carbocycles. The van der Waals surface area contributed by atoms with Crippen LogP contribution in [0.5, 0.6) is 5.75 Å². The molecule has 0 radical (unpaired) electrons. The molecule has 5 nitrogen and oxygen atoms in total. The molecule has 7 heteroatoms. The number of amides is 1. The van der Waals surface area contributed by atoms with Gasteiger partial charge in [0.05, 0.1) is 25.6 Å². The average Bonchev–Trinajstić information content (AvgIpc) is 3.44. The molecular weight excluding hydrogens is 452 g/mol. The number of anilines is 1. The zero-order valence-corrected chi connectivity index (χ0v) is 17.9. The Hall–Kier alpha value is -2.90. The number of aromatic nitrogens is 1. The first-order chi connectivity index (χ1) is 14.1. The predicted molar refractivity (Wildman–Crippen MR) is 117 cm³/mol. The van der Waals surface area contributed by atoms with E-state index in [1.807, 2.05) is 53.9 Å². The smallest absolute Gasteiger partial charge is 0.260 e. The molecule has 0 fully saturated rings. The van der Waals surface area contributed by atoms with E-state index in [1.54, 1.807) is 30.4 Å².